The molecule has 6 heteroatoms. The van der Waals surface area contributed by atoms with Crippen molar-refractivity contribution in [1.82, 2.24) is 15.0 Å². The largest absolute Gasteiger partial charge is 0.464 e. The van der Waals surface area contributed by atoms with Crippen LogP contribution in [0.1, 0.15) is 43.4 Å². The Hall–Kier alpha value is -1.43. The fourth-order valence-corrected chi connectivity index (χ4v) is 1.57. The molecule has 0 saturated carbocycles. The van der Waals surface area contributed by atoms with Crippen LogP contribution in [0.2, 0.25) is 0 Å². The van der Waals surface area contributed by atoms with Crippen LogP contribution in [0.4, 0.5) is 0 Å². The van der Waals surface area contributed by atoms with Crippen LogP contribution in [0.15, 0.2) is 0 Å². The van der Waals surface area contributed by atoms with Crippen molar-refractivity contribution < 1.29 is 14.6 Å². The number of hydrogen-bond donors (Lipinski definition) is 1. The zero-order valence-electron chi connectivity index (χ0n) is 10.7. The highest BCUT2D eigenvalue weighted by Crippen LogP contribution is 2.13. The Kier molecular flexibility index (Phi) is 4.22. The zero-order valence-corrected chi connectivity index (χ0v) is 10.7. The fraction of sp³-hybridized carbons (Fsp3) is 0.727. The standard InChI is InChI=1S/C11H19N3O3/c1-5-6-8-9(10(15)17-4)12-13-14(8)7-11(2,3)16/h16H,5-7H2,1-4H3. The summed E-state index contributed by atoms with van der Waals surface area (Å²) in [6.45, 7) is 5.67. The lowest BCUT2D eigenvalue weighted by atomic mass is 10.1. The molecule has 1 N–H and O–H groups in total. The van der Waals surface area contributed by atoms with Crippen LogP contribution in [0.25, 0.3) is 0 Å². The fourth-order valence-electron chi connectivity index (χ4n) is 1.57. The maximum atomic E-state index is 11.5. The smallest absolute Gasteiger partial charge is 0.360 e. The van der Waals surface area contributed by atoms with E-state index in [1.807, 2.05) is 6.92 Å². The average molecular weight is 241 g/mol. The minimum absolute atomic E-state index is 0.235. The molecule has 17 heavy (non-hydrogen) atoms. The summed E-state index contributed by atoms with van der Waals surface area (Å²) < 4.78 is 6.21. The Labute approximate surface area is 101 Å². The summed E-state index contributed by atoms with van der Waals surface area (Å²) >= 11 is 0. The molecular weight excluding hydrogens is 222 g/mol. The molecule has 96 valence electrons. The summed E-state index contributed by atoms with van der Waals surface area (Å²) in [4.78, 5) is 11.5. The molecule has 1 rings (SSSR count). The van der Waals surface area contributed by atoms with Gasteiger partial charge in [-0.2, -0.15) is 0 Å². The molecule has 0 fully saturated rings. The summed E-state index contributed by atoms with van der Waals surface area (Å²) in [6.07, 6.45) is 1.54. The molecule has 0 radical (unpaired) electrons. The molecule has 1 heterocycles. The minimum atomic E-state index is -0.899. The first-order chi connectivity index (χ1) is 7.89. The Morgan fingerprint density at radius 1 is 1.53 bits per heavy atom. The van der Waals surface area contributed by atoms with E-state index in [2.05, 4.69) is 15.0 Å². The number of carbonyl (C=O) groups is 1. The highest BCUT2D eigenvalue weighted by Gasteiger charge is 2.23. The molecule has 0 aromatic carbocycles. The van der Waals surface area contributed by atoms with Gasteiger partial charge in [0.1, 0.15) is 0 Å². The van der Waals surface area contributed by atoms with Gasteiger partial charge in [0, 0.05) is 0 Å². The van der Waals surface area contributed by atoms with E-state index in [0.717, 1.165) is 6.42 Å². The van der Waals surface area contributed by atoms with Gasteiger partial charge in [-0.1, -0.05) is 18.6 Å². The van der Waals surface area contributed by atoms with E-state index in [4.69, 9.17) is 0 Å². The Bertz CT molecular complexity index is 393. The lowest BCUT2D eigenvalue weighted by molar-refractivity contribution is 0.0552. The third-order valence-electron chi connectivity index (χ3n) is 2.24. The van der Waals surface area contributed by atoms with Crippen molar-refractivity contribution in [1.29, 1.82) is 0 Å². The quantitative estimate of drug-likeness (QED) is 0.771. The van der Waals surface area contributed by atoms with Gasteiger partial charge in [-0.3, -0.25) is 0 Å². The van der Waals surface area contributed by atoms with Crippen molar-refractivity contribution in [2.45, 2.75) is 45.8 Å². The van der Waals surface area contributed by atoms with E-state index in [0.29, 0.717) is 18.7 Å². The third kappa shape index (κ3) is 3.52. The first kappa shape index (κ1) is 13.6. The highest BCUT2D eigenvalue weighted by molar-refractivity contribution is 5.88. The van der Waals surface area contributed by atoms with E-state index < -0.39 is 11.6 Å². The van der Waals surface area contributed by atoms with Crippen LogP contribution in [-0.4, -0.2) is 38.8 Å². The molecule has 0 atom stereocenters. The number of aliphatic hydroxyl groups is 1. The van der Waals surface area contributed by atoms with Gasteiger partial charge < -0.3 is 9.84 Å². The first-order valence-electron chi connectivity index (χ1n) is 5.62. The molecule has 0 aliphatic carbocycles. The van der Waals surface area contributed by atoms with Gasteiger partial charge in [0.05, 0.1) is 24.9 Å². The van der Waals surface area contributed by atoms with Crippen molar-refractivity contribution >= 4 is 5.97 Å². The number of hydrogen-bond acceptors (Lipinski definition) is 5. The van der Waals surface area contributed by atoms with Crippen LogP contribution in [-0.2, 0) is 17.7 Å². The monoisotopic (exact) mass is 241 g/mol. The van der Waals surface area contributed by atoms with Crippen molar-refractivity contribution in [3.63, 3.8) is 0 Å². The van der Waals surface area contributed by atoms with Gasteiger partial charge in [0.2, 0.25) is 0 Å². The third-order valence-corrected chi connectivity index (χ3v) is 2.24. The lowest BCUT2D eigenvalue weighted by Gasteiger charge is -2.18. The number of aromatic nitrogens is 3. The van der Waals surface area contributed by atoms with Gasteiger partial charge in [-0.15, -0.1) is 5.10 Å². The highest BCUT2D eigenvalue weighted by atomic mass is 16.5. The topological polar surface area (TPSA) is 77.2 Å². The summed E-state index contributed by atoms with van der Waals surface area (Å²) in [6, 6.07) is 0. The molecule has 0 bridgehead atoms. The van der Waals surface area contributed by atoms with Crippen LogP contribution >= 0.6 is 0 Å². The SMILES string of the molecule is CCCc1c(C(=O)OC)nnn1CC(C)(C)O. The molecular formula is C11H19N3O3. The number of methoxy groups -OCH3 is 1. The van der Waals surface area contributed by atoms with Gasteiger partial charge in [0.15, 0.2) is 5.69 Å². The molecule has 0 saturated heterocycles. The first-order valence-corrected chi connectivity index (χ1v) is 5.62. The molecule has 0 unspecified atom stereocenters. The molecule has 0 amide bonds. The molecule has 1 aromatic rings. The van der Waals surface area contributed by atoms with E-state index in [1.54, 1.807) is 18.5 Å². The van der Waals surface area contributed by atoms with Crippen LogP contribution in [0, 0.1) is 0 Å². The van der Waals surface area contributed by atoms with Gasteiger partial charge in [0.25, 0.3) is 0 Å². The maximum Gasteiger partial charge on any atom is 0.360 e. The number of ether oxygens (including phenoxy) is 1. The minimum Gasteiger partial charge on any atom is -0.464 e. The molecule has 6 nitrogen and oxygen atoms in total. The zero-order chi connectivity index (χ0) is 13.1. The molecule has 0 spiro atoms. The van der Waals surface area contributed by atoms with Crippen LogP contribution in [0.3, 0.4) is 0 Å². The predicted molar refractivity (Wildman–Crippen MR) is 61.7 cm³/mol. The van der Waals surface area contributed by atoms with Crippen LogP contribution < -0.4 is 0 Å². The predicted octanol–water partition coefficient (Wildman–Crippen LogP) is 0.788. The van der Waals surface area contributed by atoms with Gasteiger partial charge >= 0.3 is 5.97 Å². The second-order valence-corrected chi connectivity index (χ2v) is 4.60. The van der Waals surface area contributed by atoms with E-state index in [-0.39, 0.29) is 5.69 Å². The van der Waals surface area contributed by atoms with Crippen LogP contribution in [0.5, 0.6) is 0 Å². The average Bonchev–Trinajstić information content (AvgIpc) is 2.59. The Balaban J connectivity index is 3.06. The second-order valence-electron chi connectivity index (χ2n) is 4.60. The normalized spacial score (nSPS) is 11.6. The number of rotatable bonds is 5. The summed E-state index contributed by atoms with van der Waals surface area (Å²) in [5.41, 5.74) is 0.0453. The number of carbonyl (C=O) groups excluding carboxylic acids is 1. The second kappa shape index (κ2) is 5.27. The molecule has 0 aliphatic heterocycles. The summed E-state index contributed by atoms with van der Waals surface area (Å²) in [5.74, 6) is -0.490. The van der Waals surface area contributed by atoms with Gasteiger partial charge in [-0.25, -0.2) is 9.48 Å². The Morgan fingerprint density at radius 3 is 2.65 bits per heavy atom. The van der Waals surface area contributed by atoms with Crippen molar-refractivity contribution in [2.75, 3.05) is 7.11 Å². The number of esters is 1. The van der Waals surface area contributed by atoms with E-state index in [9.17, 15) is 9.90 Å². The molecule has 1 aromatic heterocycles. The Morgan fingerprint density at radius 2 is 2.18 bits per heavy atom. The maximum absolute atomic E-state index is 11.5. The summed E-state index contributed by atoms with van der Waals surface area (Å²) in [7, 11) is 1.31. The lowest BCUT2D eigenvalue weighted by Crippen LogP contribution is -2.28. The van der Waals surface area contributed by atoms with Crippen molar-refractivity contribution in [3.05, 3.63) is 11.4 Å². The summed E-state index contributed by atoms with van der Waals surface area (Å²) in [5, 5.41) is 17.5. The van der Waals surface area contributed by atoms with E-state index in [1.165, 1.54) is 7.11 Å². The molecule has 0 aliphatic rings. The number of nitrogens with zero attached hydrogens (tertiary/aromatic N) is 3. The van der Waals surface area contributed by atoms with E-state index >= 15 is 0 Å². The van der Waals surface area contributed by atoms with Crippen molar-refractivity contribution in [2.24, 2.45) is 0 Å². The van der Waals surface area contributed by atoms with Crippen molar-refractivity contribution in [3.8, 4) is 0 Å². The van der Waals surface area contributed by atoms with Gasteiger partial charge in [-0.05, 0) is 20.3 Å².